The predicted octanol–water partition coefficient (Wildman–Crippen LogP) is 2.28. The summed E-state index contributed by atoms with van der Waals surface area (Å²) in [5, 5.41) is 3.14. The number of H-pyrrole nitrogens is 2. The van der Waals surface area contributed by atoms with Crippen molar-refractivity contribution in [1.82, 2.24) is 9.97 Å². The number of benzene rings is 1. The molecule has 1 aliphatic heterocycles. The molecule has 29 heavy (non-hydrogen) atoms. The maximum absolute atomic E-state index is 13.2. The minimum Gasteiger partial charge on any atom is -0.497 e. The standard InChI is InChI=1S/C21H23N3O5/c1-21(2)8-12-16(13(25)9-21)15(11-7-10(28-3)5-6-14(11)29-4)17-18(22-12)23-20(27)24-19(17)26/h5-7,15H,8-9H2,1-4H3,(H3,22,23,24,26,27)/t15-/m0/s1. The normalized spacial score (nSPS) is 19.9. The molecule has 8 nitrogen and oxygen atoms in total. The average molecular weight is 397 g/mol. The van der Waals surface area contributed by atoms with Gasteiger partial charge in [-0.1, -0.05) is 13.8 Å². The molecule has 2 heterocycles. The minimum absolute atomic E-state index is 0.0325. The van der Waals surface area contributed by atoms with Gasteiger partial charge in [-0.05, 0) is 30.0 Å². The monoisotopic (exact) mass is 397 g/mol. The summed E-state index contributed by atoms with van der Waals surface area (Å²) in [6.07, 6.45) is 0.984. The molecule has 2 aliphatic rings. The topological polar surface area (TPSA) is 113 Å². The Kier molecular flexibility index (Phi) is 4.37. The minimum atomic E-state index is -0.685. The fraction of sp³-hybridized carbons (Fsp3) is 0.381. The lowest BCUT2D eigenvalue weighted by molar-refractivity contribution is -0.118. The number of anilines is 1. The van der Waals surface area contributed by atoms with E-state index < -0.39 is 17.2 Å². The molecule has 3 N–H and O–H groups in total. The number of rotatable bonds is 3. The van der Waals surface area contributed by atoms with E-state index in [4.69, 9.17) is 9.47 Å². The summed E-state index contributed by atoms with van der Waals surface area (Å²) in [6, 6.07) is 5.26. The molecular weight excluding hydrogens is 374 g/mol. The smallest absolute Gasteiger partial charge is 0.327 e. The van der Waals surface area contributed by atoms with E-state index in [1.807, 2.05) is 13.8 Å². The Labute approximate surface area is 167 Å². The summed E-state index contributed by atoms with van der Waals surface area (Å²) in [7, 11) is 3.08. The zero-order chi connectivity index (χ0) is 20.9. The predicted molar refractivity (Wildman–Crippen MR) is 108 cm³/mol. The molecular formula is C21H23N3O5. The van der Waals surface area contributed by atoms with E-state index >= 15 is 0 Å². The number of fused-ring (bicyclic) bond motifs is 1. The molecule has 2 aromatic rings. The number of aromatic amines is 2. The van der Waals surface area contributed by atoms with Crippen molar-refractivity contribution in [2.45, 2.75) is 32.6 Å². The second-order valence-corrected chi connectivity index (χ2v) is 8.20. The maximum Gasteiger partial charge on any atom is 0.327 e. The number of nitrogens with one attached hydrogen (secondary N) is 3. The largest absolute Gasteiger partial charge is 0.497 e. The number of ether oxygens (including phenoxy) is 2. The van der Waals surface area contributed by atoms with E-state index in [-0.39, 0.29) is 16.8 Å². The van der Waals surface area contributed by atoms with Crippen LogP contribution in [0, 0.1) is 5.41 Å². The third-order valence-electron chi connectivity index (χ3n) is 5.50. The van der Waals surface area contributed by atoms with Crippen LogP contribution in [0.2, 0.25) is 0 Å². The second kappa shape index (κ2) is 6.65. The number of Topliss-reactive ketones (excluding diaryl/α,β-unsaturated/α-hetero) is 1. The van der Waals surface area contributed by atoms with Crippen LogP contribution in [0.25, 0.3) is 0 Å². The molecule has 0 bridgehead atoms. The van der Waals surface area contributed by atoms with Crippen LogP contribution in [-0.2, 0) is 4.79 Å². The molecule has 0 fully saturated rings. The van der Waals surface area contributed by atoms with Crippen LogP contribution in [-0.4, -0.2) is 30.0 Å². The molecule has 1 atom stereocenters. The van der Waals surface area contributed by atoms with E-state index in [0.717, 1.165) is 5.70 Å². The highest BCUT2D eigenvalue weighted by molar-refractivity contribution is 6.01. The van der Waals surface area contributed by atoms with Crippen LogP contribution in [0.3, 0.4) is 0 Å². The SMILES string of the molecule is COc1ccc(OC)c([C@H]2C3=C(CC(C)(C)CC3=O)Nc3[nH]c(=O)[nH]c(=O)c32)c1. The van der Waals surface area contributed by atoms with Crippen LogP contribution >= 0.6 is 0 Å². The van der Waals surface area contributed by atoms with Crippen molar-refractivity contribution in [2.24, 2.45) is 5.41 Å². The van der Waals surface area contributed by atoms with Crippen LogP contribution in [0.1, 0.15) is 43.7 Å². The first-order valence-electron chi connectivity index (χ1n) is 9.36. The molecule has 1 aromatic heterocycles. The molecule has 152 valence electrons. The molecule has 1 aromatic carbocycles. The number of allylic oxidation sites excluding steroid dienone is 2. The third kappa shape index (κ3) is 3.14. The molecule has 0 saturated carbocycles. The summed E-state index contributed by atoms with van der Waals surface area (Å²) < 4.78 is 10.9. The lowest BCUT2D eigenvalue weighted by Crippen LogP contribution is -2.39. The number of carbonyl (C=O) groups excluding carboxylic acids is 1. The van der Waals surface area contributed by atoms with Gasteiger partial charge in [-0.15, -0.1) is 0 Å². The number of hydrogen-bond donors (Lipinski definition) is 3. The maximum atomic E-state index is 13.2. The van der Waals surface area contributed by atoms with Crippen LogP contribution < -0.4 is 26.0 Å². The van der Waals surface area contributed by atoms with Crippen molar-refractivity contribution in [2.75, 3.05) is 19.5 Å². The Balaban J connectivity index is 2.05. The van der Waals surface area contributed by atoms with Gasteiger partial charge in [-0.25, -0.2) is 4.79 Å². The zero-order valence-electron chi connectivity index (χ0n) is 16.8. The fourth-order valence-electron chi connectivity index (χ4n) is 4.32. The number of aromatic nitrogens is 2. The molecule has 1 aliphatic carbocycles. The lowest BCUT2D eigenvalue weighted by Gasteiger charge is -2.38. The van der Waals surface area contributed by atoms with E-state index in [2.05, 4.69) is 15.3 Å². The molecule has 0 saturated heterocycles. The van der Waals surface area contributed by atoms with Gasteiger partial charge >= 0.3 is 5.69 Å². The van der Waals surface area contributed by atoms with Gasteiger partial charge in [-0.3, -0.25) is 19.6 Å². The third-order valence-corrected chi connectivity index (χ3v) is 5.50. The Morgan fingerprint density at radius 3 is 2.48 bits per heavy atom. The molecule has 8 heteroatoms. The highest BCUT2D eigenvalue weighted by Crippen LogP contribution is 2.49. The summed E-state index contributed by atoms with van der Waals surface area (Å²) in [5.41, 5.74) is 0.773. The fourth-order valence-corrected chi connectivity index (χ4v) is 4.32. The average Bonchev–Trinajstić information content (AvgIpc) is 2.64. The Bertz CT molecular complexity index is 1160. The number of methoxy groups -OCH3 is 2. The van der Waals surface area contributed by atoms with Crippen molar-refractivity contribution < 1.29 is 14.3 Å². The Hall–Kier alpha value is -3.29. The van der Waals surface area contributed by atoms with Crippen LogP contribution in [0.15, 0.2) is 39.1 Å². The van der Waals surface area contributed by atoms with Gasteiger partial charge in [0.05, 0.1) is 25.7 Å². The first-order valence-corrected chi connectivity index (χ1v) is 9.36. The van der Waals surface area contributed by atoms with Gasteiger partial charge in [0, 0.05) is 23.3 Å². The second-order valence-electron chi connectivity index (χ2n) is 8.20. The van der Waals surface area contributed by atoms with Gasteiger partial charge in [0.25, 0.3) is 5.56 Å². The van der Waals surface area contributed by atoms with Crippen molar-refractivity contribution in [3.63, 3.8) is 0 Å². The van der Waals surface area contributed by atoms with E-state index in [9.17, 15) is 14.4 Å². The van der Waals surface area contributed by atoms with Gasteiger partial charge in [0.2, 0.25) is 0 Å². The molecule has 0 radical (unpaired) electrons. The van der Waals surface area contributed by atoms with Gasteiger partial charge in [-0.2, -0.15) is 0 Å². The highest BCUT2D eigenvalue weighted by Gasteiger charge is 2.43. The van der Waals surface area contributed by atoms with Gasteiger partial charge in [0.15, 0.2) is 5.78 Å². The molecule has 0 spiro atoms. The first-order chi connectivity index (χ1) is 13.7. The van der Waals surface area contributed by atoms with Crippen molar-refractivity contribution in [1.29, 1.82) is 0 Å². The summed E-state index contributed by atoms with van der Waals surface area (Å²) >= 11 is 0. The Morgan fingerprint density at radius 2 is 1.79 bits per heavy atom. The summed E-state index contributed by atoms with van der Waals surface area (Å²) in [4.78, 5) is 42.9. The molecule has 0 unspecified atom stereocenters. The Morgan fingerprint density at radius 1 is 1.03 bits per heavy atom. The summed E-state index contributed by atoms with van der Waals surface area (Å²) in [5.74, 6) is 0.689. The number of hydrogen-bond acceptors (Lipinski definition) is 6. The van der Waals surface area contributed by atoms with Crippen LogP contribution in [0.4, 0.5) is 5.82 Å². The van der Waals surface area contributed by atoms with Gasteiger partial charge in [0.1, 0.15) is 17.3 Å². The first kappa shape index (κ1) is 19.0. The van der Waals surface area contributed by atoms with E-state index in [0.29, 0.717) is 41.3 Å². The molecule has 0 amide bonds. The van der Waals surface area contributed by atoms with E-state index in [1.54, 1.807) is 25.3 Å². The van der Waals surface area contributed by atoms with Crippen molar-refractivity contribution in [3.05, 3.63) is 61.4 Å². The lowest BCUT2D eigenvalue weighted by atomic mass is 9.69. The van der Waals surface area contributed by atoms with Crippen LogP contribution in [0.5, 0.6) is 11.5 Å². The number of ketones is 1. The number of carbonyl (C=O) groups is 1. The van der Waals surface area contributed by atoms with Crippen molar-refractivity contribution in [3.8, 4) is 11.5 Å². The van der Waals surface area contributed by atoms with Gasteiger partial charge < -0.3 is 14.8 Å². The van der Waals surface area contributed by atoms with Crippen molar-refractivity contribution >= 4 is 11.6 Å². The zero-order valence-corrected chi connectivity index (χ0v) is 16.8. The highest BCUT2D eigenvalue weighted by atomic mass is 16.5. The van der Waals surface area contributed by atoms with E-state index in [1.165, 1.54) is 7.11 Å². The summed E-state index contributed by atoms with van der Waals surface area (Å²) in [6.45, 7) is 4.04. The molecule has 4 rings (SSSR count). The quantitative estimate of drug-likeness (QED) is 0.732.